The van der Waals surface area contributed by atoms with Gasteiger partial charge in [0.1, 0.15) is 4.90 Å². The number of sulfonamides is 1. The van der Waals surface area contributed by atoms with Crippen LogP contribution in [0.15, 0.2) is 46.3 Å². The van der Waals surface area contributed by atoms with E-state index in [0.717, 1.165) is 0 Å². The van der Waals surface area contributed by atoms with Gasteiger partial charge in [-0.2, -0.15) is 0 Å². The van der Waals surface area contributed by atoms with Gasteiger partial charge < -0.3 is 14.4 Å². The molecule has 1 saturated heterocycles. The van der Waals surface area contributed by atoms with Crippen LogP contribution in [0.2, 0.25) is 0 Å². The van der Waals surface area contributed by atoms with E-state index in [0.29, 0.717) is 44.2 Å². The minimum Gasteiger partial charge on any atom is -0.367 e. The van der Waals surface area contributed by atoms with Crippen molar-refractivity contribution < 1.29 is 8.42 Å². The molecule has 0 aliphatic carbocycles. The molecule has 25 heavy (non-hydrogen) atoms. The van der Waals surface area contributed by atoms with Crippen LogP contribution in [0.3, 0.4) is 0 Å². The monoisotopic (exact) mass is 363 g/mol. The molecule has 2 aromatic rings. The highest BCUT2D eigenvalue weighted by Gasteiger charge is 2.24. The van der Waals surface area contributed by atoms with Crippen LogP contribution >= 0.6 is 0 Å². The van der Waals surface area contributed by atoms with E-state index in [4.69, 9.17) is 5.14 Å². The van der Waals surface area contributed by atoms with E-state index in [2.05, 4.69) is 4.98 Å². The fourth-order valence-corrected chi connectivity index (χ4v) is 3.78. The van der Waals surface area contributed by atoms with Gasteiger partial charge in [-0.15, -0.1) is 0 Å². The zero-order valence-corrected chi connectivity index (χ0v) is 14.8. The number of para-hydroxylation sites is 1. The van der Waals surface area contributed by atoms with E-state index in [1.807, 2.05) is 16.7 Å². The number of primary sulfonamides is 1. The number of rotatable bonds is 4. The molecule has 1 aliphatic rings. The summed E-state index contributed by atoms with van der Waals surface area (Å²) in [6.45, 7) is 4.82. The lowest BCUT2D eigenvalue weighted by atomic mass is 10.2. The molecule has 0 unspecified atom stereocenters. The summed E-state index contributed by atoms with van der Waals surface area (Å²) in [5.41, 5.74) is 0.486. The molecule has 0 amide bonds. The molecule has 0 atom stereocenters. The SMILES string of the molecule is CCn1ccnc(N2CCN(c3ccccc3S(N)(=O)=O)CC2)c1=O. The van der Waals surface area contributed by atoms with Crippen molar-refractivity contribution in [3.05, 3.63) is 47.0 Å². The van der Waals surface area contributed by atoms with E-state index in [9.17, 15) is 13.2 Å². The molecule has 0 saturated carbocycles. The zero-order valence-electron chi connectivity index (χ0n) is 14.0. The minimum absolute atomic E-state index is 0.108. The van der Waals surface area contributed by atoms with Crippen LogP contribution < -0.4 is 20.5 Å². The number of nitrogens with two attached hydrogens (primary N) is 1. The molecule has 0 radical (unpaired) electrons. The quantitative estimate of drug-likeness (QED) is 0.835. The third-order valence-electron chi connectivity index (χ3n) is 4.33. The second-order valence-corrected chi connectivity index (χ2v) is 7.36. The lowest BCUT2D eigenvalue weighted by Crippen LogP contribution is -2.49. The Hall–Kier alpha value is -2.39. The molecule has 1 fully saturated rings. The van der Waals surface area contributed by atoms with Crippen molar-refractivity contribution in [3.8, 4) is 0 Å². The number of hydrogen-bond acceptors (Lipinski definition) is 6. The number of aryl methyl sites for hydroxylation is 1. The number of aromatic nitrogens is 2. The maximum absolute atomic E-state index is 12.4. The second kappa shape index (κ2) is 6.85. The Morgan fingerprint density at radius 2 is 1.76 bits per heavy atom. The summed E-state index contributed by atoms with van der Waals surface area (Å²) in [7, 11) is -3.79. The first-order valence-electron chi connectivity index (χ1n) is 8.09. The molecule has 8 nitrogen and oxygen atoms in total. The highest BCUT2D eigenvalue weighted by Crippen LogP contribution is 2.25. The zero-order chi connectivity index (χ0) is 18.0. The van der Waals surface area contributed by atoms with Crippen molar-refractivity contribution in [1.29, 1.82) is 0 Å². The average Bonchev–Trinajstić information content (AvgIpc) is 2.61. The van der Waals surface area contributed by atoms with Crippen LogP contribution in [0.5, 0.6) is 0 Å². The minimum atomic E-state index is -3.79. The van der Waals surface area contributed by atoms with Gasteiger partial charge in [-0.05, 0) is 19.1 Å². The van der Waals surface area contributed by atoms with Gasteiger partial charge in [0, 0.05) is 45.1 Å². The first kappa shape index (κ1) is 17.4. The van der Waals surface area contributed by atoms with Crippen molar-refractivity contribution in [2.75, 3.05) is 36.0 Å². The van der Waals surface area contributed by atoms with Crippen LogP contribution in [0.25, 0.3) is 0 Å². The molecule has 9 heteroatoms. The van der Waals surface area contributed by atoms with Crippen LogP contribution in [0.4, 0.5) is 11.5 Å². The Bertz CT molecular complexity index is 917. The summed E-state index contributed by atoms with van der Waals surface area (Å²) in [5, 5.41) is 5.32. The Morgan fingerprint density at radius 3 is 2.40 bits per heavy atom. The molecular formula is C16H21N5O3S. The third-order valence-corrected chi connectivity index (χ3v) is 5.29. The molecular weight excluding hydrogens is 342 g/mol. The van der Waals surface area contributed by atoms with Gasteiger partial charge in [0.15, 0.2) is 5.82 Å². The Morgan fingerprint density at radius 1 is 1.12 bits per heavy atom. The van der Waals surface area contributed by atoms with Crippen LogP contribution in [0.1, 0.15) is 6.92 Å². The summed E-state index contributed by atoms with van der Waals surface area (Å²) in [6.07, 6.45) is 3.30. The predicted octanol–water partition coefficient (Wildman–Crippen LogP) is 0.237. The van der Waals surface area contributed by atoms with Gasteiger partial charge in [0.2, 0.25) is 10.0 Å². The summed E-state index contributed by atoms with van der Waals surface area (Å²) in [5.74, 6) is 0.434. The first-order chi connectivity index (χ1) is 11.9. The number of hydrogen-bond donors (Lipinski definition) is 1. The normalized spacial score (nSPS) is 15.4. The fourth-order valence-electron chi connectivity index (χ4n) is 3.02. The lowest BCUT2D eigenvalue weighted by molar-refractivity contribution is 0.595. The van der Waals surface area contributed by atoms with Gasteiger partial charge in [0.25, 0.3) is 5.56 Å². The number of piperazine rings is 1. The summed E-state index contributed by atoms with van der Waals surface area (Å²) < 4.78 is 25.2. The van der Waals surface area contributed by atoms with E-state index >= 15 is 0 Å². The van der Waals surface area contributed by atoms with E-state index < -0.39 is 10.0 Å². The van der Waals surface area contributed by atoms with Crippen LogP contribution in [0, 0.1) is 0 Å². The van der Waals surface area contributed by atoms with Gasteiger partial charge in [-0.3, -0.25) is 4.79 Å². The molecule has 1 aliphatic heterocycles. The van der Waals surface area contributed by atoms with Crippen molar-refractivity contribution in [3.63, 3.8) is 0 Å². The number of anilines is 2. The standard InChI is InChI=1S/C16H21N5O3S/c1-2-19-8-7-18-15(16(19)22)21-11-9-20(10-12-21)13-5-3-4-6-14(13)25(17,23)24/h3-8H,2,9-12H2,1H3,(H2,17,23,24). The lowest BCUT2D eigenvalue weighted by Gasteiger charge is -2.37. The summed E-state index contributed by atoms with van der Waals surface area (Å²) in [6, 6.07) is 6.70. The molecule has 2 heterocycles. The third kappa shape index (κ3) is 3.52. The highest BCUT2D eigenvalue weighted by molar-refractivity contribution is 7.89. The van der Waals surface area contributed by atoms with E-state index in [-0.39, 0.29) is 10.5 Å². The largest absolute Gasteiger partial charge is 0.367 e. The molecule has 1 aromatic heterocycles. The smallest absolute Gasteiger partial charge is 0.293 e. The van der Waals surface area contributed by atoms with E-state index in [1.165, 1.54) is 6.07 Å². The van der Waals surface area contributed by atoms with Crippen molar-refractivity contribution in [2.24, 2.45) is 5.14 Å². The van der Waals surface area contributed by atoms with Crippen LogP contribution in [-0.2, 0) is 16.6 Å². The van der Waals surface area contributed by atoms with Crippen molar-refractivity contribution in [2.45, 2.75) is 18.4 Å². The number of benzene rings is 1. The molecule has 0 bridgehead atoms. The molecule has 0 spiro atoms. The summed E-state index contributed by atoms with van der Waals surface area (Å²) in [4.78, 5) is 20.6. The van der Waals surface area contributed by atoms with Gasteiger partial charge >= 0.3 is 0 Å². The number of nitrogens with zero attached hydrogens (tertiary/aromatic N) is 4. The van der Waals surface area contributed by atoms with Gasteiger partial charge in [0.05, 0.1) is 5.69 Å². The predicted molar refractivity (Wildman–Crippen MR) is 96.4 cm³/mol. The maximum Gasteiger partial charge on any atom is 0.293 e. The van der Waals surface area contributed by atoms with E-state index in [1.54, 1.807) is 35.2 Å². The van der Waals surface area contributed by atoms with Crippen molar-refractivity contribution in [1.82, 2.24) is 9.55 Å². The Kier molecular flexibility index (Phi) is 4.78. The topological polar surface area (TPSA) is 102 Å². The van der Waals surface area contributed by atoms with Gasteiger partial charge in [-0.1, -0.05) is 12.1 Å². The highest BCUT2D eigenvalue weighted by atomic mass is 32.2. The maximum atomic E-state index is 12.4. The van der Waals surface area contributed by atoms with Crippen molar-refractivity contribution >= 4 is 21.5 Å². The second-order valence-electron chi connectivity index (χ2n) is 5.83. The molecule has 134 valence electrons. The Balaban J connectivity index is 1.81. The molecule has 2 N–H and O–H groups in total. The average molecular weight is 363 g/mol. The first-order valence-corrected chi connectivity index (χ1v) is 9.63. The molecule has 1 aromatic carbocycles. The van der Waals surface area contributed by atoms with Gasteiger partial charge in [-0.25, -0.2) is 18.5 Å². The fraction of sp³-hybridized carbons (Fsp3) is 0.375. The Labute approximate surface area is 146 Å². The molecule has 3 rings (SSSR count). The van der Waals surface area contributed by atoms with Crippen LogP contribution in [-0.4, -0.2) is 44.1 Å². The summed E-state index contributed by atoms with van der Waals surface area (Å²) >= 11 is 0.